The van der Waals surface area contributed by atoms with Gasteiger partial charge in [-0.15, -0.1) is 10.2 Å². The number of rotatable bonds is 6. The van der Waals surface area contributed by atoms with Crippen LogP contribution >= 0.6 is 0 Å². The van der Waals surface area contributed by atoms with E-state index in [9.17, 15) is 4.79 Å². The molecule has 3 N–H and O–H groups in total. The summed E-state index contributed by atoms with van der Waals surface area (Å²) in [6.45, 7) is 4.95. The van der Waals surface area contributed by atoms with Gasteiger partial charge in [0.1, 0.15) is 5.82 Å². The van der Waals surface area contributed by atoms with Gasteiger partial charge in [0.05, 0.1) is 0 Å². The van der Waals surface area contributed by atoms with Crippen LogP contribution in [-0.2, 0) is 0 Å². The fourth-order valence-corrected chi connectivity index (χ4v) is 2.35. The van der Waals surface area contributed by atoms with Gasteiger partial charge >= 0.3 is 6.03 Å². The number of hydrogen-bond donors (Lipinski definition) is 3. The molecule has 0 unspecified atom stereocenters. The summed E-state index contributed by atoms with van der Waals surface area (Å²) < 4.78 is 1.63. The van der Waals surface area contributed by atoms with Gasteiger partial charge in [-0.25, -0.2) is 9.48 Å². The minimum absolute atomic E-state index is 0.236. The lowest BCUT2D eigenvalue weighted by atomic mass is 10.1. The van der Waals surface area contributed by atoms with Crippen LogP contribution in [0, 0.1) is 13.8 Å². The number of carbonyl (C=O) groups is 1. The second-order valence-corrected chi connectivity index (χ2v) is 5.85. The van der Waals surface area contributed by atoms with Crippen LogP contribution in [0.25, 0.3) is 5.82 Å². The minimum Gasteiger partial charge on any atom is -0.367 e. The van der Waals surface area contributed by atoms with E-state index < -0.39 is 0 Å². The van der Waals surface area contributed by atoms with E-state index >= 15 is 0 Å². The van der Waals surface area contributed by atoms with Crippen LogP contribution in [-0.4, -0.2) is 39.1 Å². The molecule has 134 valence electrons. The molecule has 0 saturated heterocycles. The topological polar surface area (TPSA) is 96.8 Å². The zero-order chi connectivity index (χ0) is 18.4. The third-order valence-electron chi connectivity index (χ3n) is 3.75. The third kappa shape index (κ3) is 4.56. The maximum Gasteiger partial charge on any atom is 0.319 e. The van der Waals surface area contributed by atoms with E-state index in [1.54, 1.807) is 17.1 Å². The Labute approximate surface area is 151 Å². The van der Waals surface area contributed by atoms with E-state index in [1.165, 1.54) is 0 Å². The van der Waals surface area contributed by atoms with Crippen LogP contribution in [0.1, 0.15) is 11.1 Å². The Balaban J connectivity index is 1.42. The van der Waals surface area contributed by atoms with Crippen molar-refractivity contribution in [2.75, 3.05) is 23.7 Å². The zero-order valence-electron chi connectivity index (χ0n) is 14.7. The summed E-state index contributed by atoms with van der Waals surface area (Å²) >= 11 is 0. The Morgan fingerprint density at radius 1 is 1.12 bits per heavy atom. The van der Waals surface area contributed by atoms with Crippen LogP contribution in [0.15, 0.2) is 48.8 Å². The summed E-state index contributed by atoms with van der Waals surface area (Å²) in [5, 5.41) is 21.1. The summed E-state index contributed by atoms with van der Waals surface area (Å²) in [6, 6.07) is 11.2. The predicted molar refractivity (Wildman–Crippen MR) is 101 cm³/mol. The molecule has 26 heavy (non-hydrogen) atoms. The van der Waals surface area contributed by atoms with Crippen LogP contribution < -0.4 is 16.0 Å². The van der Waals surface area contributed by atoms with Crippen molar-refractivity contribution in [2.45, 2.75) is 13.8 Å². The summed E-state index contributed by atoms with van der Waals surface area (Å²) in [5.74, 6) is 1.28. The van der Waals surface area contributed by atoms with E-state index in [1.807, 2.05) is 50.2 Å². The number of hydrogen-bond acceptors (Lipinski definition) is 5. The Hall–Kier alpha value is -3.42. The van der Waals surface area contributed by atoms with Gasteiger partial charge in [0.25, 0.3) is 0 Å². The molecule has 3 aromatic rings. The predicted octanol–water partition coefficient (Wildman–Crippen LogP) is 2.51. The van der Waals surface area contributed by atoms with Crippen LogP contribution in [0.3, 0.4) is 0 Å². The highest BCUT2D eigenvalue weighted by Crippen LogP contribution is 2.15. The largest absolute Gasteiger partial charge is 0.367 e. The first-order valence-corrected chi connectivity index (χ1v) is 8.31. The third-order valence-corrected chi connectivity index (χ3v) is 3.75. The van der Waals surface area contributed by atoms with Crippen LogP contribution in [0.4, 0.5) is 16.3 Å². The number of anilines is 2. The number of nitrogens with zero attached hydrogens (tertiary/aromatic N) is 4. The van der Waals surface area contributed by atoms with Gasteiger partial charge in [-0.2, -0.15) is 5.10 Å². The Bertz CT molecular complexity index is 860. The van der Waals surface area contributed by atoms with Crippen LogP contribution in [0.2, 0.25) is 0 Å². The molecule has 0 aliphatic rings. The van der Waals surface area contributed by atoms with Gasteiger partial charge in [-0.05, 0) is 49.2 Å². The fourth-order valence-electron chi connectivity index (χ4n) is 2.35. The molecule has 0 spiro atoms. The smallest absolute Gasteiger partial charge is 0.319 e. The van der Waals surface area contributed by atoms with E-state index in [4.69, 9.17) is 0 Å². The average Bonchev–Trinajstić information content (AvgIpc) is 3.17. The molecular formula is C18H21N7O. The second-order valence-electron chi connectivity index (χ2n) is 5.85. The lowest BCUT2D eigenvalue weighted by Gasteiger charge is -2.11. The normalized spacial score (nSPS) is 10.4. The van der Waals surface area contributed by atoms with Gasteiger partial charge in [0, 0.05) is 31.2 Å². The summed E-state index contributed by atoms with van der Waals surface area (Å²) in [5.41, 5.74) is 2.94. The monoisotopic (exact) mass is 351 g/mol. The van der Waals surface area contributed by atoms with Gasteiger partial charge in [0.15, 0.2) is 5.82 Å². The summed E-state index contributed by atoms with van der Waals surface area (Å²) in [6.07, 6.45) is 3.48. The Kier molecular flexibility index (Phi) is 5.43. The van der Waals surface area contributed by atoms with Crippen molar-refractivity contribution in [3.63, 3.8) is 0 Å². The van der Waals surface area contributed by atoms with Crippen molar-refractivity contribution in [2.24, 2.45) is 0 Å². The molecule has 2 aromatic heterocycles. The van der Waals surface area contributed by atoms with Crippen molar-refractivity contribution in [3.05, 3.63) is 59.9 Å². The van der Waals surface area contributed by atoms with Gasteiger partial charge in [0.2, 0.25) is 0 Å². The van der Waals surface area contributed by atoms with Crippen molar-refractivity contribution in [1.29, 1.82) is 0 Å². The fraction of sp³-hybridized carbons (Fsp3) is 0.222. The van der Waals surface area contributed by atoms with Gasteiger partial charge in [-0.1, -0.05) is 12.1 Å². The number of carbonyl (C=O) groups excluding carboxylic acids is 1. The van der Waals surface area contributed by atoms with E-state index in [2.05, 4.69) is 31.2 Å². The van der Waals surface area contributed by atoms with Crippen molar-refractivity contribution < 1.29 is 4.79 Å². The first-order chi connectivity index (χ1) is 12.6. The van der Waals surface area contributed by atoms with E-state index in [0.717, 1.165) is 16.8 Å². The quantitative estimate of drug-likeness (QED) is 0.593. The molecule has 0 fully saturated rings. The van der Waals surface area contributed by atoms with E-state index in [0.29, 0.717) is 24.7 Å². The molecule has 0 bridgehead atoms. The number of aromatic nitrogens is 4. The molecule has 0 aliphatic heterocycles. The molecular weight excluding hydrogens is 330 g/mol. The second kappa shape index (κ2) is 8.11. The maximum atomic E-state index is 12.0. The number of amides is 2. The zero-order valence-corrected chi connectivity index (χ0v) is 14.7. The first kappa shape index (κ1) is 17.4. The number of aryl methyl sites for hydroxylation is 2. The molecule has 2 amide bonds. The van der Waals surface area contributed by atoms with Crippen molar-refractivity contribution >= 4 is 17.5 Å². The molecule has 0 aliphatic carbocycles. The average molecular weight is 351 g/mol. The highest BCUT2D eigenvalue weighted by Gasteiger charge is 2.04. The van der Waals surface area contributed by atoms with Crippen LogP contribution in [0.5, 0.6) is 0 Å². The SMILES string of the molecule is Cc1ccc(C)c(NC(=O)NCCNc2ccc(-n3cccn3)nn2)c1. The molecule has 0 saturated carbocycles. The lowest BCUT2D eigenvalue weighted by Crippen LogP contribution is -2.33. The van der Waals surface area contributed by atoms with E-state index in [-0.39, 0.29) is 6.03 Å². The molecule has 0 atom stereocenters. The molecule has 1 aromatic carbocycles. The molecule has 3 rings (SSSR count). The molecule has 8 heteroatoms. The van der Waals surface area contributed by atoms with Gasteiger partial charge < -0.3 is 16.0 Å². The molecule has 8 nitrogen and oxygen atoms in total. The first-order valence-electron chi connectivity index (χ1n) is 8.31. The number of benzene rings is 1. The minimum atomic E-state index is -0.236. The maximum absolute atomic E-state index is 12.0. The number of nitrogens with one attached hydrogen (secondary N) is 3. The molecule has 2 heterocycles. The lowest BCUT2D eigenvalue weighted by molar-refractivity contribution is 0.252. The standard InChI is InChI=1S/C18H21N7O/c1-13-4-5-14(2)15(12-13)22-18(26)20-10-9-19-16-6-7-17(24-23-16)25-11-3-8-21-25/h3-8,11-12H,9-10H2,1-2H3,(H,19,23)(H2,20,22,26). The summed E-state index contributed by atoms with van der Waals surface area (Å²) in [4.78, 5) is 12.0. The Morgan fingerprint density at radius 2 is 2.00 bits per heavy atom. The summed E-state index contributed by atoms with van der Waals surface area (Å²) in [7, 11) is 0. The highest BCUT2D eigenvalue weighted by atomic mass is 16.2. The highest BCUT2D eigenvalue weighted by molar-refractivity contribution is 5.90. The molecule has 0 radical (unpaired) electrons. The van der Waals surface area contributed by atoms with Crippen molar-refractivity contribution in [1.82, 2.24) is 25.3 Å². The number of urea groups is 1. The van der Waals surface area contributed by atoms with Crippen molar-refractivity contribution in [3.8, 4) is 5.82 Å². The van der Waals surface area contributed by atoms with Gasteiger partial charge in [-0.3, -0.25) is 0 Å². The Morgan fingerprint density at radius 3 is 2.73 bits per heavy atom.